The lowest BCUT2D eigenvalue weighted by molar-refractivity contribution is -0.0221. The summed E-state index contributed by atoms with van der Waals surface area (Å²) in [7, 11) is 1.91. The molecular formula is C24H22F2N6O. The van der Waals surface area contributed by atoms with E-state index in [1.807, 2.05) is 23.7 Å². The van der Waals surface area contributed by atoms with Gasteiger partial charge < -0.3 is 9.47 Å². The predicted molar refractivity (Wildman–Crippen MR) is 120 cm³/mol. The smallest absolute Gasteiger partial charge is 0.251 e. The third kappa shape index (κ3) is 4.44. The van der Waals surface area contributed by atoms with Crippen LogP contribution in [-0.4, -0.2) is 49.3 Å². The van der Waals surface area contributed by atoms with E-state index in [-0.39, 0.29) is 38.1 Å². The molecule has 0 unspecified atom stereocenters. The van der Waals surface area contributed by atoms with Gasteiger partial charge in [0, 0.05) is 68.2 Å². The SMILES string of the molecule is Cn1cncc1-c1cc2cc(CC(=O)c3ccnc(N4CCC(F)(F)CC4)c3)ncc2cn1. The number of Topliss-reactive ketones (excluding diaryl/α,β-unsaturated/α-hetero) is 1. The van der Waals surface area contributed by atoms with Crippen molar-refractivity contribution in [1.29, 1.82) is 0 Å². The van der Waals surface area contributed by atoms with E-state index in [1.165, 1.54) is 0 Å². The van der Waals surface area contributed by atoms with Gasteiger partial charge in [0.15, 0.2) is 5.78 Å². The topological polar surface area (TPSA) is 76.8 Å². The minimum Gasteiger partial charge on any atom is -0.356 e. The number of anilines is 1. The molecule has 1 aliphatic heterocycles. The zero-order valence-corrected chi connectivity index (χ0v) is 18.1. The van der Waals surface area contributed by atoms with Crippen molar-refractivity contribution in [1.82, 2.24) is 24.5 Å². The van der Waals surface area contributed by atoms with E-state index < -0.39 is 5.92 Å². The second-order valence-electron chi connectivity index (χ2n) is 8.33. The molecule has 4 aromatic rings. The van der Waals surface area contributed by atoms with Crippen LogP contribution in [0.5, 0.6) is 0 Å². The number of halogens is 2. The van der Waals surface area contributed by atoms with Crippen LogP contribution in [0.15, 0.2) is 55.4 Å². The molecule has 0 saturated carbocycles. The molecule has 5 heterocycles. The molecule has 0 amide bonds. The van der Waals surface area contributed by atoms with Gasteiger partial charge in [-0.25, -0.2) is 18.7 Å². The van der Waals surface area contributed by atoms with Crippen LogP contribution in [0.3, 0.4) is 0 Å². The molecule has 168 valence electrons. The molecule has 0 bridgehead atoms. The molecule has 0 aliphatic carbocycles. The van der Waals surface area contributed by atoms with E-state index in [0.29, 0.717) is 17.1 Å². The third-order valence-corrected chi connectivity index (χ3v) is 5.97. The maximum Gasteiger partial charge on any atom is 0.251 e. The van der Waals surface area contributed by atoms with Gasteiger partial charge in [-0.1, -0.05) is 0 Å². The number of pyridine rings is 3. The molecule has 0 N–H and O–H groups in total. The Bertz CT molecular complexity index is 1330. The maximum absolute atomic E-state index is 13.5. The zero-order valence-electron chi connectivity index (χ0n) is 18.1. The predicted octanol–water partition coefficient (Wildman–Crippen LogP) is 4.09. The second-order valence-corrected chi connectivity index (χ2v) is 8.33. The minimum atomic E-state index is -2.63. The van der Waals surface area contributed by atoms with Crippen molar-refractivity contribution < 1.29 is 13.6 Å². The summed E-state index contributed by atoms with van der Waals surface area (Å²) in [4.78, 5) is 32.1. The number of aromatic nitrogens is 5. The molecule has 1 saturated heterocycles. The van der Waals surface area contributed by atoms with Crippen LogP contribution in [0.1, 0.15) is 28.9 Å². The largest absolute Gasteiger partial charge is 0.356 e. The Kier molecular flexibility index (Phi) is 5.32. The van der Waals surface area contributed by atoms with Crippen molar-refractivity contribution in [2.45, 2.75) is 25.2 Å². The van der Waals surface area contributed by atoms with E-state index in [0.717, 1.165) is 22.2 Å². The Balaban J connectivity index is 1.35. The van der Waals surface area contributed by atoms with Crippen molar-refractivity contribution in [3.8, 4) is 11.4 Å². The van der Waals surface area contributed by atoms with Crippen LogP contribution in [0, 0.1) is 0 Å². The molecule has 0 atom stereocenters. The van der Waals surface area contributed by atoms with Crippen LogP contribution in [0.25, 0.3) is 22.2 Å². The Morgan fingerprint density at radius 2 is 1.82 bits per heavy atom. The first kappa shape index (κ1) is 21.1. The zero-order chi connectivity index (χ0) is 23.0. The van der Waals surface area contributed by atoms with Crippen molar-refractivity contribution in [2.24, 2.45) is 7.05 Å². The van der Waals surface area contributed by atoms with Crippen LogP contribution in [0.2, 0.25) is 0 Å². The number of fused-ring (bicyclic) bond motifs is 1. The van der Waals surface area contributed by atoms with Gasteiger partial charge >= 0.3 is 0 Å². The third-order valence-electron chi connectivity index (χ3n) is 5.97. The highest BCUT2D eigenvalue weighted by Crippen LogP contribution is 2.30. The fraction of sp³-hybridized carbons (Fsp3) is 0.292. The van der Waals surface area contributed by atoms with Gasteiger partial charge in [0.2, 0.25) is 0 Å². The summed E-state index contributed by atoms with van der Waals surface area (Å²) in [5.74, 6) is -2.18. The number of piperidine rings is 1. The molecule has 9 heteroatoms. The lowest BCUT2D eigenvalue weighted by atomic mass is 10.0. The van der Waals surface area contributed by atoms with Crippen LogP contribution in [0.4, 0.5) is 14.6 Å². The number of nitrogens with zero attached hydrogens (tertiary/aromatic N) is 6. The molecule has 33 heavy (non-hydrogen) atoms. The number of aryl methyl sites for hydroxylation is 1. The summed E-state index contributed by atoms with van der Waals surface area (Å²) in [5.41, 5.74) is 2.82. The maximum atomic E-state index is 13.5. The highest BCUT2D eigenvalue weighted by Gasteiger charge is 2.34. The van der Waals surface area contributed by atoms with Crippen molar-refractivity contribution >= 4 is 22.4 Å². The number of carbonyl (C=O) groups is 1. The molecule has 4 aromatic heterocycles. The average Bonchev–Trinajstić information content (AvgIpc) is 3.24. The molecule has 5 rings (SSSR count). The summed E-state index contributed by atoms with van der Waals surface area (Å²) in [6.45, 7) is 0.438. The summed E-state index contributed by atoms with van der Waals surface area (Å²) < 4.78 is 28.8. The first-order valence-corrected chi connectivity index (χ1v) is 10.7. The van der Waals surface area contributed by atoms with E-state index in [4.69, 9.17) is 0 Å². The summed E-state index contributed by atoms with van der Waals surface area (Å²) in [6.07, 6.45) is 8.21. The van der Waals surface area contributed by atoms with Gasteiger partial charge in [-0.05, 0) is 29.7 Å². The first-order chi connectivity index (χ1) is 15.9. The molecule has 1 aliphatic rings. The van der Waals surface area contributed by atoms with Crippen molar-refractivity contribution in [3.63, 3.8) is 0 Å². The van der Waals surface area contributed by atoms with Crippen LogP contribution < -0.4 is 4.90 Å². The van der Waals surface area contributed by atoms with E-state index in [2.05, 4.69) is 19.9 Å². The van der Waals surface area contributed by atoms with Gasteiger partial charge in [0.1, 0.15) is 5.82 Å². The Labute approximate surface area is 189 Å². The van der Waals surface area contributed by atoms with E-state index >= 15 is 0 Å². The Morgan fingerprint density at radius 1 is 1.03 bits per heavy atom. The minimum absolute atomic E-state index is 0.103. The van der Waals surface area contributed by atoms with Gasteiger partial charge in [-0.3, -0.25) is 14.8 Å². The average molecular weight is 448 g/mol. The van der Waals surface area contributed by atoms with E-state index in [1.54, 1.807) is 48.1 Å². The fourth-order valence-corrected chi connectivity index (χ4v) is 4.02. The van der Waals surface area contributed by atoms with Gasteiger partial charge in [-0.2, -0.15) is 0 Å². The second kappa shape index (κ2) is 8.31. The van der Waals surface area contributed by atoms with E-state index in [9.17, 15) is 13.6 Å². The lowest BCUT2D eigenvalue weighted by Gasteiger charge is -2.32. The molecule has 0 aromatic carbocycles. The quantitative estimate of drug-likeness (QED) is 0.428. The normalized spacial score (nSPS) is 15.7. The van der Waals surface area contributed by atoms with Gasteiger partial charge in [0.05, 0.1) is 30.3 Å². The Morgan fingerprint density at radius 3 is 2.58 bits per heavy atom. The fourth-order valence-electron chi connectivity index (χ4n) is 4.02. The molecular weight excluding hydrogens is 426 g/mol. The molecule has 1 fully saturated rings. The summed E-state index contributed by atoms with van der Waals surface area (Å²) in [5, 5.41) is 1.81. The van der Waals surface area contributed by atoms with Gasteiger partial charge in [0.25, 0.3) is 5.92 Å². The monoisotopic (exact) mass is 448 g/mol. The van der Waals surface area contributed by atoms with Crippen LogP contribution in [-0.2, 0) is 13.5 Å². The summed E-state index contributed by atoms with van der Waals surface area (Å²) >= 11 is 0. The van der Waals surface area contributed by atoms with Crippen LogP contribution >= 0.6 is 0 Å². The number of rotatable bonds is 5. The van der Waals surface area contributed by atoms with Gasteiger partial charge in [-0.15, -0.1) is 0 Å². The number of alkyl halides is 2. The summed E-state index contributed by atoms with van der Waals surface area (Å²) in [6, 6.07) is 7.18. The molecule has 7 nitrogen and oxygen atoms in total. The lowest BCUT2D eigenvalue weighted by Crippen LogP contribution is -2.39. The van der Waals surface area contributed by atoms with Crippen molar-refractivity contribution in [2.75, 3.05) is 18.0 Å². The number of carbonyl (C=O) groups excluding carboxylic acids is 1. The highest BCUT2D eigenvalue weighted by atomic mass is 19.3. The standard InChI is InChI=1S/C24H22F2N6O/c1-31-15-27-14-21(31)20-9-17-8-19(29-12-18(17)13-30-20)11-22(33)16-2-5-28-23(10-16)32-6-3-24(25,26)4-7-32/h2,5,8-10,12-15H,3-4,6-7,11H2,1H3. The number of hydrogen-bond acceptors (Lipinski definition) is 6. The number of imidazole rings is 1. The highest BCUT2D eigenvalue weighted by molar-refractivity contribution is 5.98. The number of hydrogen-bond donors (Lipinski definition) is 0. The van der Waals surface area contributed by atoms with Crippen molar-refractivity contribution in [3.05, 3.63) is 66.6 Å². The Hall–Kier alpha value is -3.75. The molecule has 0 radical (unpaired) electrons. The first-order valence-electron chi connectivity index (χ1n) is 10.7. The number of ketones is 1. The molecule has 0 spiro atoms.